The molecule has 0 amide bonds. The van der Waals surface area contributed by atoms with E-state index in [9.17, 15) is 0 Å². The van der Waals surface area contributed by atoms with Crippen molar-refractivity contribution in [1.82, 2.24) is 9.78 Å². The van der Waals surface area contributed by atoms with Crippen LogP contribution in [0.2, 0.25) is 0 Å². The lowest BCUT2D eigenvalue weighted by Crippen LogP contribution is -2.04. The van der Waals surface area contributed by atoms with E-state index in [0.29, 0.717) is 6.04 Å². The molecule has 1 aliphatic carbocycles. The Morgan fingerprint density at radius 3 is 3.00 bits per heavy atom. The van der Waals surface area contributed by atoms with Gasteiger partial charge in [0.1, 0.15) is 0 Å². The van der Waals surface area contributed by atoms with Gasteiger partial charge in [-0.3, -0.25) is 4.68 Å². The lowest BCUT2D eigenvalue weighted by atomic mass is 10.3. The Hall–Kier alpha value is -0.790. The molecule has 1 saturated carbocycles. The van der Waals surface area contributed by atoms with Gasteiger partial charge in [-0.1, -0.05) is 6.92 Å². The highest BCUT2D eigenvalue weighted by atomic mass is 15.3. The van der Waals surface area contributed by atoms with Crippen LogP contribution in [0.15, 0.2) is 12.3 Å². The molecule has 1 fully saturated rings. The summed E-state index contributed by atoms with van der Waals surface area (Å²) in [6.45, 7) is 4.41. The van der Waals surface area contributed by atoms with E-state index in [1.165, 1.54) is 18.5 Å². The van der Waals surface area contributed by atoms with Crippen LogP contribution >= 0.6 is 0 Å². The van der Waals surface area contributed by atoms with Gasteiger partial charge in [0.05, 0.1) is 5.69 Å². The molecular weight excluding hydrogens is 148 g/mol. The van der Waals surface area contributed by atoms with E-state index in [1.807, 2.05) is 0 Å². The third kappa shape index (κ3) is 1.38. The minimum absolute atomic E-state index is 0.553. The van der Waals surface area contributed by atoms with E-state index in [1.54, 1.807) is 0 Å². The van der Waals surface area contributed by atoms with Crippen LogP contribution in [0, 0.1) is 0 Å². The second kappa shape index (κ2) is 2.92. The van der Waals surface area contributed by atoms with Crippen molar-refractivity contribution in [2.45, 2.75) is 45.1 Å². The van der Waals surface area contributed by atoms with Gasteiger partial charge in [-0.05, 0) is 32.3 Å². The minimum atomic E-state index is 0.553. The molecule has 0 aliphatic heterocycles. The normalized spacial score (nSPS) is 19.5. The average Bonchev–Trinajstić information content (AvgIpc) is 2.83. The van der Waals surface area contributed by atoms with Crippen molar-refractivity contribution in [3.63, 3.8) is 0 Å². The third-order valence-electron chi connectivity index (χ3n) is 2.67. The van der Waals surface area contributed by atoms with Gasteiger partial charge in [0.15, 0.2) is 0 Å². The summed E-state index contributed by atoms with van der Waals surface area (Å²) >= 11 is 0. The van der Waals surface area contributed by atoms with Crippen molar-refractivity contribution in [3.8, 4) is 0 Å². The first-order valence-electron chi connectivity index (χ1n) is 4.86. The molecule has 2 nitrogen and oxygen atoms in total. The largest absolute Gasteiger partial charge is 0.270 e. The molecule has 2 heteroatoms. The second-order valence-electron chi connectivity index (χ2n) is 3.75. The van der Waals surface area contributed by atoms with E-state index in [-0.39, 0.29) is 0 Å². The van der Waals surface area contributed by atoms with E-state index >= 15 is 0 Å². The molecule has 0 N–H and O–H groups in total. The fourth-order valence-electron chi connectivity index (χ4n) is 1.38. The lowest BCUT2D eigenvalue weighted by Gasteiger charge is -2.07. The van der Waals surface area contributed by atoms with Crippen LogP contribution in [0.5, 0.6) is 0 Å². The molecule has 1 aromatic rings. The minimum Gasteiger partial charge on any atom is -0.270 e. The summed E-state index contributed by atoms with van der Waals surface area (Å²) in [5.74, 6) is 0.787. The Kier molecular flexibility index (Phi) is 1.91. The Bertz CT molecular complexity index is 261. The van der Waals surface area contributed by atoms with Crippen LogP contribution in [0.4, 0.5) is 0 Å². The summed E-state index contributed by atoms with van der Waals surface area (Å²) in [5, 5.41) is 4.56. The van der Waals surface area contributed by atoms with E-state index in [2.05, 4.69) is 35.9 Å². The van der Waals surface area contributed by atoms with Gasteiger partial charge in [-0.25, -0.2) is 0 Å². The molecule has 1 aliphatic rings. The summed E-state index contributed by atoms with van der Waals surface area (Å²) in [6, 6.07) is 2.72. The van der Waals surface area contributed by atoms with Crippen molar-refractivity contribution >= 4 is 0 Å². The van der Waals surface area contributed by atoms with Crippen LogP contribution in [-0.4, -0.2) is 9.78 Å². The Morgan fingerprint density at radius 1 is 1.67 bits per heavy atom. The monoisotopic (exact) mass is 164 g/mol. The summed E-state index contributed by atoms with van der Waals surface area (Å²) in [6.07, 6.45) is 5.96. The van der Waals surface area contributed by atoms with E-state index in [0.717, 1.165) is 12.3 Å². The quantitative estimate of drug-likeness (QED) is 0.671. The first kappa shape index (κ1) is 7.84. The van der Waals surface area contributed by atoms with Gasteiger partial charge >= 0.3 is 0 Å². The van der Waals surface area contributed by atoms with Gasteiger partial charge in [0, 0.05) is 18.2 Å². The van der Waals surface area contributed by atoms with Crippen molar-refractivity contribution < 1.29 is 0 Å². The predicted molar refractivity (Wildman–Crippen MR) is 49.2 cm³/mol. The molecule has 0 spiro atoms. The van der Waals surface area contributed by atoms with Crippen molar-refractivity contribution in [3.05, 3.63) is 18.0 Å². The van der Waals surface area contributed by atoms with Gasteiger partial charge in [-0.2, -0.15) is 5.10 Å². The Morgan fingerprint density at radius 2 is 2.42 bits per heavy atom. The highest BCUT2D eigenvalue weighted by Gasteiger charge is 2.25. The zero-order valence-corrected chi connectivity index (χ0v) is 7.83. The van der Waals surface area contributed by atoms with Crippen LogP contribution in [0.25, 0.3) is 0 Å². The van der Waals surface area contributed by atoms with Crippen molar-refractivity contribution in [2.24, 2.45) is 0 Å². The molecule has 66 valence electrons. The number of aromatic nitrogens is 2. The SMILES string of the molecule is CC[C@H](C)n1ccc(C2CC2)n1. The van der Waals surface area contributed by atoms with Crippen LogP contribution in [0.1, 0.15) is 50.8 Å². The molecule has 0 unspecified atom stereocenters. The number of nitrogens with zero attached hydrogens (tertiary/aromatic N) is 2. The zero-order chi connectivity index (χ0) is 8.55. The number of hydrogen-bond donors (Lipinski definition) is 0. The van der Waals surface area contributed by atoms with Crippen molar-refractivity contribution in [1.29, 1.82) is 0 Å². The fourth-order valence-corrected chi connectivity index (χ4v) is 1.38. The van der Waals surface area contributed by atoms with Crippen LogP contribution in [-0.2, 0) is 0 Å². The zero-order valence-electron chi connectivity index (χ0n) is 7.83. The smallest absolute Gasteiger partial charge is 0.0655 e. The molecule has 0 aromatic carbocycles. The molecule has 1 aromatic heterocycles. The van der Waals surface area contributed by atoms with Crippen LogP contribution < -0.4 is 0 Å². The highest BCUT2D eigenvalue weighted by molar-refractivity contribution is 5.12. The molecule has 0 radical (unpaired) electrons. The first-order valence-corrected chi connectivity index (χ1v) is 4.86. The van der Waals surface area contributed by atoms with Gasteiger partial charge in [0.2, 0.25) is 0 Å². The second-order valence-corrected chi connectivity index (χ2v) is 3.75. The Labute approximate surface area is 73.6 Å². The molecule has 1 heterocycles. The number of hydrogen-bond acceptors (Lipinski definition) is 1. The maximum absolute atomic E-state index is 4.56. The summed E-state index contributed by atoms with van der Waals surface area (Å²) in [5.41, 5.74) is 1.30. The molecule has 1 atom stereocenters. The summed E-state index contributed by atoms with van der Waals surface area (Å²) in [4.78, 5) is 0. The standard InChI is InChI=1S/C10H16N2/c1-3-8(2)12-7-6-10(11-12)9-4-5-9/h6-9H,3-5H2,1-2H3/t8-/m0/s1. The predicted octanol–water partition coefficient (Wildman–Crippen LogP) is 2.73. The fraction of sp³-hybridized carbons (Fsp3) is 0.700. The highest BCUT2D eigenvalue weighted by Crippen LogP contribution is 2.39. The maximum atomic E-state index is 4.56. The summed E-state index contributed by atoms with van der Waals surface area (Å²) in [7, 11) is 0. The van der Waals surface area contributed by atoms with Gasteiger partial charge in [0.25, 0.3) is 0 Å². The molecule has 0 bridgehead atoms. The number of rotatable bonds is 3. The Balaban J connectivity index is 2.12. The van der Waals surface area contributed by atoms with Gasteiger partial charge < -0.3 is 0 Å². The third-order valence-corrected chi connectivity index (χ3v) is 2.67. The molecule has 2 rings (SSSR count). The van der Waals surface area contributed by atoms with Crippen molar-refractivity contribution in [2.75, 3.05) is 0 Å². The average molecular weight is 164 g/mol. The lowest BCUT2D eigenvalue weighted by molar-refractivity contribution is 0.474. The molecule has 12 heavy (non-hydrogen) atoms. The molecular formula is C10H16N2. The summed E-state index contributed by atoms with van der Waals surface area (Å²) < 4.78 is 2.09. The molecule has 0 saturated heterocycles. The van der Waals surface area contributed by atoms with E-state index < -0.39 is 0 Å². The topological polar surface area (TPSA) is 17.8 Å². The van der Waals surface area contributed by atoms with E-state index in [4.69, 9.17) is 0 Å². The van der Waals surface area contributed by atoms with Gasteiger partial charge in [-0.15, -0.1) is 0 Å². The maximum Gasteiger partial charge on any atom is 0.0655 e. The first-order chi connectivity index (χ1) is 5.81. The van der Waals surface area contributed by atoms with Crippen LogP contribution in [0.3, 0.4) is 0 Å².